The van der Waals surface area contributed by atoms with Crippen molar-refractivity contribution in [1.82, 2.24) is 14.6 Å². The van der Waals surface area contributed by atoms with E-state index in [0.717, 1.165) is 21.2 Å². The highest BCUT2D eigenvalue weighted by Crippen LogP contribution is 2.44. The van der Waals surface area contributed by atoms with E-state index in [9.17, 15) is 19.4 Å². The monoisotopic (exact) mass is 534 g/mol. The molecule has 2 aromatic rings. The number of aryl methyl sites for hydroxylation is 1. The molecule has 37 heavy (non-hydrogen) atoms. The van der Waals surface area contributed by atoms with Crippen molar-refractivity contribution in [2.24, 2.45) is 0 Å². The Morgan fingerprint density at radius 3 is 2.92 bits per heavy atom. The van der Waals surface area contributed by atoms with E-state index in [4.69, 9.17) is 14.0 Å². The molecule has 2 heterocycles. The van der Waals surface area contributed by atoms with Crippen molar-refractivity contribution in [3.8, 4) is 11.8 Å². The van der Waals surface area contributed by atoms with Gasteiger partial charge in [0.05, 0.1) is 12.7 Å². The minimum absolute atomic E-state index is 0.0230. The van der Waals surface area contributed by atoms with Crippen LogP contribution in [0.25, 0.3) is 0 Å². The van der Waals surface area contributed by atoms with Gasteiger partial charge >= 0.3 is 13.7 Å². The summed E-state index contributed by atoms with van der Waals surface area (Å²) in [5, 5.41) is 15.6. The minimum atomic E-state index is -3.99. The average molecular weight is 535 g/mol. The number of esters is 1. The van der Waals surface area contributed by atoms with E-state index in [1.807, 2.05) is 19.2 Å². The predicted octanol–water partition coefficient (Wildman–Crippen LogP) is 2.01. The third-order valence-corrected chi connectivity index (χ3v) is 7.40. The van der Waals surface area contributed by atoms with Crippen molar-refractivity contribution >= 4 is 19.4 Å². The standard InChI is InChI=1S/C25H35N4O7P/c1-19-27-10-11-29(19)37(32,33)36-15-5-14-34-23(9-12-30)6-3-4-13-35-25(31)24-17-20-7-8-22(26-2)16-21(20)18-28-24/h7-8,10-11,16,23-24,26,28,30H,5-6,9,12-15,17-18H2,1-2H3,(H,32,33)/t23-,24?/m0/s1. The molecule has 0 saturated heterocycles. The number of nitrogens with zero attached hydrogens (tertiary/aromatic N) is 2. The van der Waals surface area contributed by atoms with Crippen molar-refractivity contribution in [3.63, 3.8) is 0 Å². The maximum atomic E-state index is 12.4. The summed E-state index contributed by atoms with van der Waals surface area (Å²) < 4.78 is 29.5. The van der Waals surface area contributed by atoms with Gasteiger partial charge in [-0.2, -0.15) is 0 Å². The first kappa shape index (κ1) is 28.9. The average Bonchev–Trinajstić information content (AvgIpc) is 3.34. The number of aromatic nitrogens is 2. The van der Waals surface area contributed by atoms with Crippen LogP contribution in [0.5, 0.6) is 0 Å². The smallest absolute Gasteiger partial charge is 0.437 e. The zero-order valence-electron chi connectivity index (χ0n) is 21.2. The zero-order chi connectivity index (χ0) is 26.7. The number of carbonyl (C=O) groups is 1. The summed E-state index contributed by atoms with van der Waals surface area (Å²) in [6, 6.07) is 5.68. The lowest BCUT2D eigenvalue weighted by Crippen LogP contribution is -2.42. The van der Waals surface area contributed by atoms with Crippen LogP contribution in [-0.4, -0.2) is 70.9 Å². The Labute approximate surface area is 217 Å². The number of fused-ring (bicyclic) bond motifs is 1. The summed E-state index contributed by atoms with van der Waals surface area (Å²) in [7, 11) is -2.12. The molecule has 202 valence electrons. The molecule has 1 aliphatic rings. The zero-order valence-corrected chi connectivity index (χ0v) is 22.1. The lowest BCUT2D eigenvalue weighted by Gasteiger charge is -2.25. The van der Waals surface area contributed by atoms with Crippen LogP contribution in [0.4, 0.5) is 5.69 Å². The molecule has 2 unspecified atom stereocenters. The van der Waals surface area contributed by atoms with Crippen molar-refractivity contribution in [3.05, 3.63) is 47.5 Å². The Hall–Kier alpha value is -2.71. The van der Waals surface area contributed by atoms with Crippen LogP contribution in [0, 0.1) is 18.8 Å². The Morgan fingerprint density at radius 1 is 1.35 bits per heavy atom. The van der Waals surface area contributed by atoms with Gasteiger partial charge in [-0.1, -0.05) is 17.9 Å². The molecule has 1 aromatic heterocycles. The highest BCUT2D eigenvalue weighted by atomic mass is 31.2. The third-order valence-electron chi connectivity index (χ3n) is 5.91. The number of carbonyl (C=O) groups excluding carboxylic acids is 1. The first-order valence-electron chi connectivity index (χ1n) is 12.2. The lowest BCUT2D eigenvalue weighted by molar-refractivity contribution is -0.144. The number of aliphatic hydroxyl groups excluding tert-OH is 1. The Morgan fingerprint density at radius 2 is 2.19 bits per heavy atom. The Bertz CT molecular complexity index is 1140. The number of ether oxygens (including phenoxy) is 2. The van der Waals surface area contributed by atoms with E-state index in [-0.39, 0.29) is 38.5 Å². The number of hydrogen-bond acceptors (Lipinski definition) is 9. The molecule has 0 bridgehead atoms. The molecule has 0 radical (unpaired) electrons. The SMILES string of the molecule is CNc1ccc2c(c1)CNC(C(=O)OCC#CC[C@@H](CCO)OCCCOP(=O)(O)n1ccnc1C)C2. The van der Waals surface area contributed by atoms with Crippen molar-refractivity contribution in [2.75, 3.05) is 38.8 Å². The number of benzene rings is 1. The van der Waals surface area contributed by atoms with Gasteiger partial charge in [0.2, 0.25) is 0 Å². The number of aliphatic hydroxyl groups is 1. The molecule has 0 saturated carbocycles. The fraction of sp³-hybridized carbons (Fsp3) is 0.520. The van der Waals surface area contributed by atoms with Crippen LogP contribution in [0.2, 0.25) is 0 Å². The number of imidazole rings is 1. The van der Waals surface area contributed by atoms with Gasteiger partial charge < -0.3 is 30.1 Å². The van der Waals surface area contributed by atoms with Crippen LogP contribution < -0.4 is 10.6 Å². The number of hydrogen-bond donors (Lipinski definition) is 4. The van der Waals surface area contributed by atoms with Crippen molar-refractivity contribution in [2.45, 2.75) is 51.3 Å². The number of rotatable bonds is 13. The van der Waals surface area contributed by atoms with Gasteiger partial charge in [0, 0.05) is 51.3 Å². The number of nitrogens with one attached hydrogen (secondary N) is 2. The van der Waals surface area contributed by atoms with E-state index in [0.29, 0.717) is 38.1 Å². The van der Waals surface area contributed by atoms with E-state index >= 15 is 0 Å². The highest BCUT2D eigenvalue weighted by molar-refractivity contribution is 7.51. The predicted molar refractivity (Wildman–Crippen MR) is 138 cm³/mol. The molecule has 0 fully saturated rings. The lowest BCUT2D eigenvalue weighted by atomic mass is 9.95. The Balaban J connectivity index is 1.34. The van der Waals surface area contributed by atoms with E-state index in [2.05, 4.69) is 33.5 Å². The van der Waals surface area contributed by atoms with Crippen LogP contribution in [0.1, 0.15) is 36.2 Å². The molecule has 12 heteroatoms. The maximum Gasteiger partial charge on any atom is 0.437 e. The molecule has 3 atom stereocenters. The highest BCUT2D eigenvalue weighted by Gasteiger charge is 2.25. The quantitative estimate of drug-likeness (QED) is 0.130. The molecule has 0 amide bonds. The second-order valence-corrected chi connectivity index (χ2v) is 10.2. The van der Waals surface area contributed by atoms with Crippen LogP contribution in [-0.2, 0) is 36.3 Å². The first-order chi connectivity index (χ1) is 17.8. The second kappa shape index (κ2) is 14.3. The topological polar surface area (TPSA) is 144 Å². The molecule has 4 N–H and O–H groups in total. The van der Waals surface area contributed by atoms with Crippen molar-refractivity contribution < 1.29 is 33.4 Å². The summed E-state index contributed by atoms with van der Waals surface area (Å²) >= 11 is 0. The van der Waals surface area contributed by atoms with Gasteiger partial charge in [0.25, 0.3) is 0 Å². The largest absolute Gasteiger partial charge is 0.451 e. The third kappa shape index (κ3) is 8.68. The normalized spacial score (nSPS) is 17.1. The van der Waals surface area contributed by atoms with Gasteiger partial charge in [0.1, 0.15) is 11.9 Å². The van der Waals surface area contributed by atoms with Gasteiger partial charge in [-0.15, -0.1) is 0 Å². The molecule has 1 aliphatic heterocycles. The summed E-state index contributed by atoms with van der Waals surface area (Å²) in [6.45, 7) is 2.42. The van der Waals surface area contributed by atoms with Gasteiger partial charge in [-0.05, 0) is 49.4 Å². The second-order valence-electron chi connectivity index (χ2n) is 8.54. The van der Waals surface area contributed by atoms with Crippen LogP contribution in [0.15, 0.2) is 30.6 Å². The van der Waals surface area contributed by atoms with E-state index in [1.54, 1.807) is 6.92 Å². The van der Waals surface area contributed by atoms with Crippen LogP contribution >= 0.6 is 7.75 Å². The van der Waals surface area contributed by atoms with E-state index < -0.39 is 13.8 Å². The fourth-order valence-corrected chi connectivity index (χ4v) is 5.00. The molecule has 0 aliphatic carbocycles. The molecule has 1 aromatic carbocycles. The van der Waals surface area contributed by atoms with Gasteiger partial charge in [-0.3, -0.25) is 9.32 Å². The Kier molecular flexibility index (Phi) is 11.1. The fourth-order valence-electron chi connectivity index (χ4n) is 3.86. The maximum absolute atomic E-state index is 12.4. The van der Waals surface area contributed by atoms with Gasteiger partial charge in [-0.25, -0.2) is 13.9 Å². The summed E-state index contributed by atoms with van der Waals surface area (Å²) in [5.74, 6) is 5.80. The summed E-state index contributed by atoms with van der Waals surface area (Å²) in [6.07, 6.45) is 4.21. The molecular weight excluding hydrogens is 499 g/mol. The van der Waals surface area contributed by atoms with Crippen molar-refractivity contribution in [1.29, 1.82) is 0 Å². The first-order valence-corrected chi connectivity index (χ1v) is 13.7. The summed E-state index contributed by atoms with van der Waals surface area (Å²) in [5.41, 5.74) is 3.32. The van der Waals surface area contributed by atoms with E-state index in [1.165, 1.54) is 12.4 Å². The minimum Gasteiger partial charge on any atom is -0.451 e. The number of anilines is 1. The molecule has 0 spiro atoms. The van der Waals surface area contributed by atoms with Gasteiger partial charge in [0.15, 0.2) is 6.61 Å². The summed E-state index contributed by atoms with van der Waals surface area (Å²) in [4.78, 5) is 26.4. The molecule has 11 nitrogen and oxygen atoms in total. The molecular formula is C25H35N4O7P. The molecule has 3 rings (SSSR count). The van der Waals surface area contributed by atoms with Crippen LogP contribution in [0.3, 0.4) is 0 Å².